The lowest BCUT2D eigenvalue weighted by atomic mass is 10.2. The minimum atomic E-state index is -0.382. The Hall–Kier alpha value is -2.67. The number of hydrogen-bond donors (Lipinski definition) is 0. The molecule has 1 heterocycles. The van der Waals surface area contributed by atoms with Gasteiger partial charge in [-0.05, 0) is 24.1 Å². The Balaban J connectivity index is 2.00. The highest BCUT2D eigenvalue weighted by molar-refractivity contribution is 8.00. The first-order chi connectivity index (χ1) is 14.1. The average molecular weight is 414 g/mol. The first kappa shape index (κ1) is 21.0. The molecule has 1 aromatic heterocycles. The summed E-state index contributed by atoms with van der Waals surface area (Å²) in [5.41, 5.74) is 1.42. The molecule has 5 nitrogen and oxygen atoms in total. The number of hydrogen-bond acceptors (Lipinski definition) is 5. The van der Waals surface area contributed by atoms with E-state index < -0.39 is 0 Å². The summed E-state index contributed by atoms with van der Waals surface area (Å²) in [6, 6.07) is 16.3. The normalized spacial score (nSPS) is 12.0. The number of esters is 1. The zero-order valence-corrected chi connectivity index (χ0v) is 17.4. The summed E-state index contributed by atoms with van der Waals surface area (Å²) in [6.07, 6.45) is 2.56. The number of carbonyl (C=O) groups excluding carboxylic acids is 1. The molecule has 29 heavy (non-hydrogen) atoms. The maximum Gasteiger partial charge on any atom is 0.319 e. The van der Waals surface area contributed by atoms with Gasteiger partial charge in [-0.3, -0.25) is 9.36 Å². The van der Waals surface area contributed by atoms with Crippen molar-refractivity contribution in [1.29, 1.82) is 0 Å². The maximum absolute atomic E-state index is 14.5. The zero-order valence-electron chi connectivity index (χ0n) is 16.5. The number of unbranched alkanes of at least 4 members (excludes halogenated alkanes) is 1. The number of aromatic nitrogens is 3. The number of ether oxygens (including phenoxy) is 1. The van der Waals surface area contributed by atoms with Crippen molar-refractivity contribution in [3.8, 4) is 11.4 Å². The van der Waals surface area contributed by atoms with Gasteiger partial charge in [0.2, 0.25) is 0 Å². The molecule has 3 aromatic rings. The molecule has 3 rings (SSSR count). The van der Waals surface area contributed by atoms with Crippen LogP contribution in [0.4, 0.5) is 4.39 Å². The molecular formula is C22H24FN3O2S. The number of carbonyl (C=O) groups is 1. The van der Waals surface area contributed by atoms with Crippen LogP contribution in [0.1, 0.15) is 31.7 Å². The lowest BCUT2D eigenvalue weighted by Crippen LogP contribution is -2.20. The molecule has 0 radical (unpaired) electrons. The Morgan fingerprint density at radius 1 is 1.14 bits per heavy atom. The minimum absolute atomic E-state index is 0.287. The van der Waals surface area contributed by atoms with E-state index in [0.717, 1.165) is 18.4 Å². The summed E-state index contributed by atoms with van der Waals surface area (Å²) in [7, 11) is 1.39. The van der Waals surface area contributed by atoms with Crippen LogP contribution < -0.4 is 0 Å². The van der Waals surface area contributed by atoms with Crippen LogP contribution in [0.3, 0.4) is 0 Å². The van der Waals surface area contributed by atoms with Gasteiger partial charge in [0.1, 0.15) is 11.1 Å². The van der Waals surface area contributed by atoms with Crippen molar-refractivity contribution in [1.82, 2.24) is 14.8 Å². The standard InChI is InChI=1S/C22H24FN3O2S/c1-3-4-14-19(21(27)28-2)29-22-25-24-20(17-12-8-9-13-18(17)23)26(22)15-16-10-6-5-7-11-16/h5-13,19H,3-4,14-15H2,1-2H3. The van der Waals surface area contributed by atoms with Crippen LogP contribution in [0.15, 0.2) is 59.8 Å². The van der Waals surface area contributed by atoms with Crippen molar-refractivity contribution in [2.75, 3.05) is 7.11 Å². The summed E-state index contributed by atoms with van der Waals surface area (Å²) < 4.78 is 21.3. The van der Waals surface area contributed by atoms with Crippen LogP contribution in [0, 0.1) is 5.82 Å². The Morgan fingerprint density at radius 2 is 1.86 bits per heavy atom. The fraction of sp³-hybridized carbons (Fsp3) is 0.318. The first-order valence-electron chi connectivity index (χ1n) is 9.60. The molecule has 7 heteroatoms. The SMILES string of the molecule is CCCCC(Sc1nnc(-c2ccccc2F)n1Cc1ccccc1)C(=O)OC. The van der Waals surface area contributed by atoms with E-state index in [2.05, 4.69) is 17.1 Å². The van der Waals surface area contributed by atoms with Gasteiger partial charge < -0.3 is 4.74 Å². The van der Waals surface area contributed by atoms with Gasteiger partial charge in [0, 0.05) is 0 Å². The molecule has 2 aromatic carbocycles. The Kier molecular flexibility index (Phi) is 7.41. The van der Waals surface area contributed by atoms with Gasteiger partial charge in [-0.1, -0.05) is 74.0 Å². The zero-order chi connectivity index (χ0) is 20.6. The second-order valence-electron chi connectivity index (χ2n) is 6.63. The fourth-order valence-corrected chi connectivity index (χ4v) is 4.10. The van der Waals surface area contributed by atoms with Crippen molar-refractivity contribution in [2.24, 2.45) is 0 Å². The average Bonchev–Trinajstić information content (AvgIpc) is 3.13. The second-order valence-corrected chi connectivity index (χ2v) is 7.80. The molecule has 0 amide bonds. The number of halogens is 1. The summed E-state index contributed by atoms with van der Waals surface area (Å²) in [6.45, 7) is 2.55. The van der Waals surface area contributed by atoms with Crippen LogP contribution in [0.2, 0.25) is 0 Å². The van der Waals surface area contributed by atoms with Crippen molar-refractivity contribution in [2.45, 2.75) is 43.1 Å². The highest BCUT2D eigenvalue weighted by Gasteiger charge is 2.25. The topological polar surface area (TPSA) is 57.0 Å². The third-order valence-electron chi connectivity index (χ3n) is 4.55. The summed E-state index contributed by atoms with van der Waals surface area (Å²) in [4.78, 5) is 12.3. The Bertz CT molecular complexity index is 946. The quantitative estimate of drug-likeness (QED) is 0.367. The summed E-state index contributed by atoms with van der Waals surface area (Å²) in [5, 5.41) is 8.74. The van der Waals surface area contributed by atoms with E-state index in [9.17, 15) is 9.18 Å². The van der Waals surface area contributed by atoms with Gasteiger partial charge in [-0.25, -0.2) is 4.39 Å². The Labute approximate surface area is 174 Å². The van der Waals surface area contributed by atoms with Crippen LogP contribution in [-0.4, -0.2) is 33.1 Å². The van der Waals surface area contributed by atoms with E-state index in [1.54, 1.807) is 18.2 Å². The molecular weight excluding hydrogens is 389 g/mol. The fourth-order valence-electron chi connectivity index (χ4n) is 3.00. The lowest BCUT2D eigenvalue weighted by Gasteiger charge is -2.15. The highest BCUT2D eigenvalue weighted by Crippen LogP contribution is 2.31. The van der Waals surface area contributed by atoms with Crippen molar-refractivity contribution >= 4 is 17.7 Å². The summed E-state index contributed by atoms with van der Waals surface area (Å²) >= 11 is 1.32. The number of nitrogens with zero attached hydrogens (tertiary/aromatic N) is 3. The van der Waals surface area contributed by atoms with E-state index in [1.807, 2.05) is 34.9 Å². The third kappa shape index (κ3) is 5.23. The molecule has 1 atom stereocenters. The molecule has 0 spiro atoms. The van der Waals surface area contributed by atoms with Gasteiger partial charge in [0.25, 0.3) is 0 Å². The van der Waals surface area contributed by atoms with Crippen LogP contribution in [0.5, 0.6) is 0 Å². The molecule has 0 saturated heterocycles. The predicted octanol–water partition coefficient (Wildman–Crippen LogP) is 4.96. The molecule has 0 fully saturated rings. The number of thioether (sulfide) groups is 1. The monoisotopic (exact) mass is 413 g/mol. The third-order valence-corrected chi connectivity index (χ3v) is 5.77. The number of benzene rings is 2. The molecule has 0 aliphatic carbocycles. The molecule has 0 saturated carbocycles. The number of rotatable bonds is 9. The second kappa shape index (κ2) is 10.2. The van der Waals surface area contributed by atoms with Crippen molar-refractivity contribution < 1.29 is 13.9 Å². The van der Waals surface area contributed by atoms with Crippen LogP contribution >= 0.6 is 11.8 Å². The number of methoxy groups -OCH3 is 1. The smallest absolute Gasteiger partial charge is 0.319 e. The minimum Gasteiger partial charge on any atom is -0.468 e. The largest absolute Gasteiger partial charge is 0.468 e. The maximum atomic E-state index is 14.5. The van der Waals surface area contributed by atoms with E-state index in [1.165, 1.54) is 24.9 Å². The lowest BCUT2D eigenvalue weighted by molar-refractivity contribution is -0.140. The van der Waals surface area contributed by atoms with Crippen LogP contribution in [0.25, 0.3) is 11.4 Å². The van der Waals surface area contributed by atoms with E-state index in [-0.39, 0.29) is 17.0 Å². The molecule has 0 aliphatic heterocycles. The molecule has 1 unspecified atom stereocenters. The molecule has 152 valence electrons. The molecule has 0 bridgehead atoms. The van der Waals surface area contributed by atoms with E-state index in [0.29, 0.717) is 29.5 Å². The van der Waals surface area contributed by atoms with Gasteiger partial charge >= 0.3 is 5.97 Å². The van der Waals surface area contributed by atoms with Gasteiger partial charge in [0.15, 0.2) is 11.0 Å². The molecule has 0 aliphatic rings. The van der Waals surface area contributed by atoms with Gasteiger partial charge in [0.05, 0.1) is 19.2 Å². The predicted molar refractivity (Wildman–Crippen MR) is 112 cm³/mol. The first-order valence-corrected chi connectivity index (χ1v) is 10.5. The summed E-state index contributed by atoms with van der Waals surface area (Å²) in [5.74, 6) is -0.208. The Morgan fingerprint density at radius 3 is 2.55 bits per heavy atom. The van der Waals surface area contributed by atoms with E-state index >= 15 is 0 Å². The molecule has 0 N–H and O–H groups in total. The van der Waals surface area contributed by atoms with Crippen molar-refractivity contribution in [3.05, 3.63) is 66.0 Å². The van der Waals surface area contributed by atoms with Gasteiger partial charge in [-0.2, -0.15) is 0 Å². The van der Waals surface area contributed by atoms with Crippen molar-refractivity contribution in [3.63, 3.8) is 0 Å². The van der Waals surface area contributed by atoms with Crippen LogP contribution in [-0.2, 0) is 16.1 Å². The van der Waals surface area contributed by atoms with E-state index in [4.69, 9.17) is 4.74 Å². The van der Waals surface area contributed by atoms with Gasteiger partial charge in [-0.15, -0.1) is 10.2 Å². The highest BCUT2D eigenvalue weighted by atomic mass is 32.2.